The highest BCUT2D eigenvalue weighted by Gasteiger charge is 1.96. The number of anilines is 1. The Labute approximate surface area is 133 Å². The first kappa shape index (κ1) is 18.0. The van der Waals surface area contributed by atoms with Crippen molar-refractivity contribution in [2.45, 2.75) is 51.9 Å². The number of nitrogens with zero attached hydrogens (tertiary/aromatic N) is 2. The highest BCUT2D eigenvalue weighted by molar-refractivity contribution is 6.00. The van der Waals surface area contributed by atoms with Gasteiger partial charge in [0.05, 0.1) is 0 Å². The van der Waals surface area contributed by atoms with Gasteiger partial charge >= 0.3 is 0 Å². The van der Waals surface area contributed by atoms with Gasteiger partial charge in [-0.1, -0.05) is 63.6 Å². The van der Waals surface area contributed by atoms with E-state index < -0.39 is 0 Å². The van der Waals surface area contributed by atoms with Crippen LogP contribution in [0, 0.1) is 0 Å². The van der Waals surface area contributed by atoms with Gasteiger partial charge in [0.15, 0.2) is 0 Å². The standard InChI is InChI=1S/C17H29N5/c1-2-3-4-5-6-7-11-14-20-16(18)22-17(19)21-15-12-9-8-10-13-15/h8-10,12-13H,2-7,11,14H2,1H3,(H5,18,19,20,21,22). The molecule has 0 radical (unpaired) electrons. The predicted molar refractivity (Wildman–Crippen MR) is 96.2 cm³/mol. The van der Waals surface area contributed by atoms with Crippen molar-refractivity contribution in [1.82, 2.24) is 0 Å². The summed E-state index contributed by atoms with van der Waals surface area (Å²) in [6.45, 7) is 2.94. The molecule has 1 rings (SSSR count). The molecule has 1 aromatic rings. The van der Waals surface area contributed by atoms with Crippen LogP contribution in [0.3, 0.4) is 0 Å². The quantitative estimate of drug-likeness (QED) is 0.371. The van der Waals surface area contributed by atoms with Crippen LogP contribution in [0.5, 0.6) is 0 Å². The molecule has 0 unspecified atom stereocenters. The second-order valence-corrected chi connectivity index (χ2v) is 5.35. The molecule has 5 nitrogen and oxygen atoms in total. The lowest BCUT2D eigenvalue weighted by molar-refractivity contribution is 0.593. The van der Waals surface area contributed by atoms with E-state index in [1.54, 1.807) is 0 Å². The summed E-state index contributed by atoms with van der Waals surface area (Å²) < 4.78 is 0. The first-order chi connectivity index (χ1) is 10.7. The molecule has 0 spiro atoms. The average Bonchev–Trinajstić information content (AvgIpc) is 2.50. The van der Waals surface area contributed by atoms with Crippen LogP contribution in [0.2, 0.25) is 0 Å². The monoisotopic (exact) mass is 303 g/mol. The molecule has 122 valence electrons. The first-order valence-corrected chi connectivity index (χ1v) is 8.18. The molecule has 0 aliphatic heterocycles. The maximum absolute atomic E-state index is 5.78. The zero-order valence-electron chi connectivity index (χ0n) is 13.6. The van der Waals surface area contributed by atoms with Gasteiger partial charge in [0, 0.05) is 12.2 Å². The Balaban J connectivity index is 2.20. The van der Waals surface area contributed by atoms with E-state index in [9.17, 15) is 0 Å². The van der Waals surface area contributed by atoms with E-state index in [4.69, 9.17) is 11.5 Å². The summed E-state index contributed by atoms with van der Waals surface area (Å²) in [5.74, 6) is 0.485. The molecule has 0 amide bonds. The third-order valence-corrected chi connectivity index (χ3v) is 3.32. The molecular formula is C17H29N5. The van der Waals surface area contributed by atoms with E-state index in [2.05, 4.69) is 22.2 Å². The molecule has 0 atom stereocenters. The van der Waals surface area contributed by atoms with Gasteiger partial charge in [-0.2, -0.15) is 4.99 Å². The van der Waals surface area contributed by atoms with E-state index in [1.807, 2.05) is 30.3 Å². The van der Waals surface area contributed by atoms with Crippen molar-refractivity contribution < 1.29 is 0 Å². The smallest absolute Gasteiger partial charge is 0.218 e. The van der Waals surface area contributed by atoms with Crippen LogP contribution >= 0.6 is 0 Å². The number of unbranched alkanes of at least 4 members (excludes halogenated alkanes) is 6. The van der Waals surface area contributed by atoms with Crippen molar-refractivity contribution in [3.05, 3.63) is 30.3 Å². The maximum atomic E-state index is 5.78. The fourth-order valence-corrected chi connectivity index (χ4v) is 2.12. The van der Waals surface area contributed by atoms with Gasteiger partial charge in [0.25, 0.3) is 0 Å². The van der Waals surface area contributed by atoms with Gasteiger partial charge in [-0.3, -0.25) is 4.99 Å². The fourth-order valence-electron chi connectivity index (χ4n) is 2.12. The third kappa shape index (κ3) is 9.00. The Morgan fingerprint density at radius 2 is 1.59 bits per heavy atom. The van der Waals surface area contributed by atoms with Gasteiger partial charge in [0.1, 0.15) is 0 Å². The molecular weight excluding hydrogens is 274 g/mol. The lowest BCUT2D eigenvalue weighted by Crippen LogP contribution is -2.26. The van der Waals surface area contributed by atoms with Crippen LogP contribution in [-0.4, -0.2) is 18.5 Å². The van der Waals surface area contributed by atoms with Crippen molar-refractivity contribution >= 4 is 17.6 Å². The topological polar surface area (TPSA) is 88.8 Å². The molecule has 0 fully saturated rings. The van der Waals surface area contributed by atoms with Gasteiger partial charge in [0.2, 0.25) is 11.9 Å². The number of guanidine groups is 2. The fraction of sp³-hybridized carbons (Fsp3) is 0.529. The van der Waals surface area contributed by atoms with Crippen LogP contribution in [0.4, 0.5) is 5.69 Å². The summed E-state index contributed by atoms with van der Waals surface area (Å²) in [6, 6.07) is 9.61. The van der Waals surface area contributed by atoms with E-state index in [-0.39, 0.29) is 11.9 Å². The normalized spacial score (nSPS) is 12.4. The van der Waals surface area contributed by atoms with Gasteiger partial charge < -0.3 is 16.8 Å². The molecule has 5 heteroatoms. The molecule has 0 aliphatic carbocycles. The predicted octanol–water partition coefficient (Wildman–Crippen LogP) is 3.48. The van der Waals surface area contributed by atoms with E-state index in [1.165, 1.54) is 38.5 Å². The van der Waals surface area contributed by atoms with Crippen LogP contribution in [0.25, 0.3) is 0 Å². The molecule has 1 aromatic carbocycles. The zero-order chi connectivity index (χ0) is 16.0. The summed E-state index contributed by atoms with van der Waals surface area (Å²) >= 11 is 0. The SMILES string of the molecule is CCCCCCCCCN=C(N)/N=C(\N)Nc1ccccc1. The summed E-state index contributed by atoms with van der Waals surface area (Å²) in [7, 11) is 0. The first-order valence-electron chi connectivity index (χ1n) is 8.18. The molecule has 0 saturated heterocycles. The largest absolute Gasteiger partial charge is 0.369 e. The molecule has 0 aliphatic rings. The Morgan fingerprint density at radius 1 is 0.955 bits per heavy atom. The number of aliphatic imine (C=N–C) groups is 2. The molecule has 22 heavy (non-hydrogen) atoms. The number of rotatable bonds is 9. The Kier molecular flexibility index (Phi) is 9.50. The highest BCUT2D eigenvalue weighted by atomic mass is 15.2. The summed E-state index contributed by atoms with van der Waals surface area (Å²) in [5, 5.41) is 2.97. The second-order valence-electron chi connectivity index (χ2n) is 5.35. The number of para-hydroxylation sites is 1. The van der Waals surface area contributed by atoms with Crippen molar-refractivity contribution in [2.24, 2.45) is 21.5 Å². The highest BCUT2D eigenvalue weighted by Crippen LogP contribution is 2.07. The van der Waals surface area contributed by atoms with Crippen molar-refractivity contribution in [1.29, 1.82) is 0 Å². The van der Waals surface area contributed by atoms with Gasteiger partial charge in [-0.15, -0.1) is 0 Å². The lowest BCUT2D eigenvalue weighted by Gasteiger charge is -2.04. The number of hydrogen-bond acceptors (Lipinski definition) is 1. The summed E-state index contributed by atoms with van der Waals surface area (Å²) in [6.07, 6.45) is 8.81. The van der Waals surface area contributed by atoms with E-state index in [0.717, 1.165) is 12.1 Å². The third-order valence-electron chi connectivity index (χ3n) is 3.32. The number of hydrogen-bond donors (Lipinski definition) is 3. The Bertz CT molecular complexity index is 453. The average molecular weight is 303 g/mol. The van der Waals surface area contributed by atoms with Crippen molar-refractivity contribution in [3.63, 3.8) is 0 Å². The van der Waals surface area contributed by atoms with Crippen LogP contribution < -0.4 is 16.8 Å². The van der Waals surface area contributed by atoms with Gasteiger partial charge in [-0.05, 0) is 18.6 Å². The van der Waals surface area contributed by atoms with Crippen LogP contribution in [0.15, 0.2) is 40.3 Å². The lowest BCUT2D eigenvalue weighted by atomic mass is 10.1. The number of nitrogens with one attached hydrogen (secondary N) is 1. The minimum atomic E-state index is 0.229. The number of benzene rings is 1. The minimum Gasteiger partial charge on any atom is -0.369 e. The Hall–Kier alpha value is -2.04. The van der Waals surface area contributed by atoms with Gasteiger partial charge in [-0.25, -0.2) is 0 Å². The minimum absolute atomic E-state index is 0.229. The van der Waals surface area contributed by atoms with E-state index in [0.29, 0.717) is 6.54 Å². The zero-order valence-corrected chi connectivity index (χ0v) is 13.6. The molecule has 0 heterocycles. The second kappa shape index (κ2) is 11.6. The van der Waals surface area contributed by atoms with E-state index >= 15 is 0 Å². The molecule has 0 saturated carbocycles. The molecule has 5 N–H and O–H groups in total. The number of nitrogens with two attached hydrogens (primary N) is 2. The van der Waals surface area contributed by atoms with Crippen LogP contribution in [-0.2, 0) is 0 Å². The van der Waals surface area contributed by atoms with Crippen molar-refractivity contribution in [2.75, 3.05) is 11.9 Å². The van der Waals surface area contributed by atoms with Crippen molar-refractivity contribution in [3.8, 4) is 0 Å². The summed E-state index contributed by atoms with van der Waals surface area (Å²) in [4.78, 5) is 8.27. The molecule has 0 bridgehead atoms. The summed E-state index contributed by atoms with van der Waals surface area (Å²) in [5.41, 5.74) is 12.4. The maximum Gasteiger partial charge on any atom is 0.218 e. The Morgan fingerprint density at radius 3 is 2.27 bits per heavy atom. The molecule has 0 aromatic heterocycles. The van der Waals surface area contributed by atoms with Crippen LogP contribution in [0.1, 0.15) is 51.9 Å².